The van der Waals surface area contributed by atoms with Crippen molar-refractivity contribution >= 4 is 46.6 Å². The molecule has 0 aliphatic heterocycles. The molecular weight excluding hydrogens is 349 g/mol. The lowest BCUT2D eigenvalue weighted by atomic mass is 10.1. The number of aryl methyl sites for hydroxylation is 2. The number of halogens is 2. The molecule has 5 heteroatoms. The highest BCUT2D eigenvalue weighted by molar-refractivity contribution is 7.99. The van der Waals surface area contributed by atoms with Crippen molar-refractivity contribution in [3.05, 3.63) is 63.6 Å². The van der Waals surface area contributed by atoms with Gasteiger partial charge in [-0.3, -0.25) is 4.79 Å². The van der Waals surface area contributed by atoms with E-state index >= 15 is 0 Å². The second-order valence-corrected chi connectivity index (χ2v) is 7.13. The molecule has 0 fully saturated rings. The summed E-state index contributed by atoms with van der Waals surface area (Å²) >= 11 is 13.9. The molecule has 0 saturated heterocycles. The van der Waals surface area contributed by atoms with E-state index in [2.05, 4.69) is 17.4 Å². The smallest absolute Gasteiger partial charge is 0.234 e. The lowest BCUT2D eigenvalue weighted by Gasteiger charge is -2.11. The van der Waals surface area contributed by atoms with Crippen LogP contribution < -0.4 is 5.32 Å². The van der Waals surface area contributed by atoms with Crippen molar-refractivity contribution in [2.45, 2.75) is 19.8 Å². The van der Waals surface area contributed by atoms with Gasteiger partial charge in [-0.25, -0.2) is 0 Å². The Morgan fingerprint density at radius 2 is 1.87 bits per heavy atom. The van der Waals surface area contributed by atoms with Crippen molar-refractivity contribution in [1.82, 2.24) is 0 Å². The van der Waals surface area contributed by atoms with Crippen molar-refractivity contribution in [3.8, 4) is 0 Å². The molecule has 0 unspecified atom stereocenters. The highest BCUT2D eigenvalue weighted by atomic mass is 35.5. The predicted molar refractivity (Wildman–Crippen MR) is 102 cm³/mol. The van der Waals surface area contributed by atoms with Gasteiger partial charge in [0.2, 0.25) is 5.91 Å². The predicted octanol–water partition coefficient (Wildman–Crippen LogP) is 5.61. The first-order valence-corrected chi connectivity index (χ1v) is 9.35. The third kappa shape index (κ3) is 5.76. The minimum Gasteiger partial charge on any atom is -0.323 e. The molecule has 0 radical (unpaired) electrons. The van der Waals surface area contributed by atoms with E-state index in [4.69, 9.17) is 23.2 Å². The standard InChI is InChI=1S/C18H19Cl2NOS/c1-13-9-10-15(19)18(17(13)20)21-16(22)12-23-11-5-8-14-6-3-2-4-7-14/h2-4,6-7,9-10H,5,8,11-12H2,1H3,(H,21,22). The number of benzene rings is 2. The van der Waals surface area contributed by atoms with Gasteiger partial charge >= 0.3 is 0 Å². The molecular formula is C18H19Cl2NOS. The van der Waals surface area contributed by atoms with Gasteiger partial charge in [-0.1, -0.05) is 59.6 Å². The van der Waals surface area contributed by atoms with Crippen LogP contribution in [0.3, 0.4) is 0 Å². The highest BCUT2D eigenvalue weighted by Crippen LogP contribution is 2.32. The number of anilines is 1. The van der Waals surface area contributed by atoms with E-state index in [0.717, 1.165) is 24.2 Å². The highest BCUT2D eigenvalue weighted by Gasteiger charge is 2.11. The molecule has 0 aromatic heterocycles. The topological polar surface area (TPSA) is 29.1 Å². The average molecular weight is 368 g/mol. The Balaban J connectivity index is 1.73. The first kappa shape index (κ1) is 18.2. The number of thioether (sulfide) groups is 1. The zero-order valence-electron chi connectivity index (χ0n) is 12.9. The number of rotatable bonds is 7. The van der Waals surface area contributed by atoms with Crippen molar-refractivity contribution in [2.24, 2.45) is 0 Å². The average Bonchev–Trinajstić information content (AvgIpc) is 2.56. The quantitative estimate of drug-likeness (QED) is 0.644. The number of hydrogen-bond donors (Lipinski definition) is 1. The summed E-state index contributed by atoms with van der Waals surface area (Å²) in [5.74, 6) is 1.26. The third-order valence-corrected chi connectivity index (χ3v) is 5.22. The van der Waals surface area contributed by atoms with Crippen LogP contribution in [0.5, 0.6) is 0 Å². The zero-order chi connectivity index (χ0) is 16.7. The first-order chi connectivity index (χ1) is 11.1. The van der Waals surface area contributed by atoms with Gasteiger partial charge < -0.3 is 5.32 Å². The maximum absolute atomic E-state index is 12.0. The van der Waals surface area contributed by atoms with Crippen molar-refractivity contribution in [1.29, 1.82) is 0 Å². The third-order valence-electron chi connectivity index (χ3n) is 3.38. The van der Waals surface area contributed by atoms with E-state index < -0.39 is 0 Å². The van der Waals surface area contributed by atoms with Gasteiger partial charge in [0, 0.05) is 0 Å². The van der Waals surface area contributed by atoms with Gasteiger partial charge in [-0.15, -0.1) is 0 Å². The van der Waals surface area contributed by atoms with Crippen LogP contribution in [0.15, 0.2) is 42.5 Å². The number of amides is 1. The van der Waals surface area contributed by atoms with Crippen LogP contribution in [-0.2, 0) is 11.2 Å². The van der Waals surface area contributed by atoms with Crippen LogP contribution in [0.4, 0.5) is 5.69 Å². The fraction of sp³-hybridized carbons (Fsp3) is 0.278. The molecule has 23 heavy (non-hydrogen) atoms. The molecule has 2 aromatic rings. The van der Waals surface area contributed by atoms with Crippen molar-refractivity contribution in [3.63, 3.8) is 0 Å². The lowest BCUT2D eigenvalue weighted by Crippen LogP contribution is -2.15. The molecule has 1 amide bonds. The molecule has 0 spiro atoms. The summed E-state index contributed by atoms with van der Waals surface area (Å²) in [6.45, 7) is 1.88. The Morgan fingerprint density at radius 1 is 1.13 bits per heavy atom. The molecule has 2 aromatic carbocycles. The van der Waals surface area contributed by atoms with E-state index in [1.807, 2.05) is 31.2 Å². The summed E-state index contributed by atoms with van der Waals surface area (Å²) < 4.78 is 0. The largest absolute Gasteiger partial charge is 0.323 e. The first-order valence-electron chi connectivity index (χ1n) is 7.44. The molecule has 0 aliphatic carbocycles. The molecule has 0 saturated carbocycles. The lowest BCUT2D eigenvalue weighted by molar-refractivity contribution is -0.113. The van der Waals surface area contributed by atoms with Crippen LogP contribution in [-0.4, -0.2) is 17.4 Å². The summed E-state index contributed by atoms with van der Waals surface area (Å²) in [7, 11) is 0. The Morgan fingerprint density at radius 3 is 2.61 bits per heavy atom. The van der Waals surface area contributed by atoms with Crippen molar-refractivity contribution < 1.29 is 4.79 Å². The van der Waals surface area contributed by atoms with Gasteiger partial charge in [-0.05, 0) is 42.7 Å². The summed E-state index contributed by atoms with van der Waals surface area (Å²) in [5.41, 5.74) is 2.72. The van der Waals surface area contributed by atoms with Crippen LogP contribution >= 0.6 is 35.0 Å². The van der Waals surface area contributed by atoms with Crippen LogP contribution in [0, 0.1) is 6.92 Å². The second kappa shape index (κ2) is 9.21. The monoisotopic (exact) mass is 367 g/mol. The Hall–Kier alpha value is -1.16. The van der Waals surface area contributed by atoms with E-state index in [1.54, 1.807) is 17.8 Å². The summed E-state index contributed by atoms with van der Waals surface area (Å²) in [4.78, 5) is 12.0. The van der Waals surface area contributed by atoms with Crippen molar-refractivity contribution in [2.75, 3.05) is 16.8 Å². The molecule has 1 N–H and O–H groups in total. The number of carbonyl (C=O) groups is 1. The van der Waals surface area contributed by atoms with Gasteiger partial charge in [-0.2, -0.15) is 11.8 Å². The Bertz CT molecular complexity index is 662. The maximum atomic E-state index is 12.0. The molecule has 0 bridgehead atoms. The fourth-order valence-electron chi connectivity index (χ4n) is 2.13. The number of carbonyl (C=O) groups excluding carboxylic acids is 1. The molecule has 122 valence electrons. The van der Waals surface area contributed by atoms with Gasteiger partial charge in [0.05, 0.1) is 21.5 Å². The zero-order valence-corrected chi connectivity index (χ0v) is 15.3. The van der Waals surface area contributed by atoms with E-state index in [1.165, 1.54) is 5.56 Å². The Kier molecular flexibility index (Phi) is 7.28. The van der Waals surface area contributed by atoms with Crippen LogP contribution in [0.25, 0.3) is 0 Å². The molecule has 0 heterocycles. The van der Waals surface area contributed by atoms with Gasteiger partial charge in [0.15, 0.2) is 0 Å². The SMILES string of the molecule is Cc1ccc(Cl)c(NC(=O)CSCCCc2ccccc2)c1Cl. The Labute approximate surface area is 151 Å². The number of hydrogen-bond acceptors (Lipinski definition) is 2. The molecule has 0 aliphatic rings. The number of nitrogens with one attached hydrogen (secondary N) is 1. The minimum absolute atomic E-state index is 0.0795. The normalized spacial score (nSPS) is 10.6. The van der Waals surface area contributed by atoms with E-state index in [0.29, 0.717) is 21.5 Å². The van der Waals surface area contributed by atoms with Gasteiger partial charge in [0.25, 0.3) is 0 Å². The minimum atomic E-state index is -0.0795. The summed E-state index contributed by atoms with van der Waals surface area (Å²) in [5, 5.41) is 3.77. The second-order valence-electron chi connectivity index (χ2n) is 5.24. The molecule has 2 nitrogen and oxygen atoms in total. The van der Waals surface area contributed by atoms with E-state index in [9.17, 15) is 4.79 Å². The van der Waals surface area contributed by atoms with Crippen LogP contribution in [0.2, 0.25) is 10.0 Å². The summed E-state index contributed by atoms with van der Waals surface area (Å²) in [6, 6.07) is 13.9. The summed E-state index contributed by atoms with van der Waals surface area (Å²) in [6.07, 6.45) is 2.08. The van der Waals surface area contributed by atoms with Gasteiger partial charge in [0.1, 0.15) is 0 Å². The molecule has 0 atom stereocenters. The van der Waals surface area contributed by atoms with Crippen LogP contribution in [0.1, 0.15) is 17.5 Å². The fourth-order valence-corrected chi connectivity index (χ4v) is 3.35. The van der Waals surface area contributed by atoms with E-state index in [-0.39, 0.29) is 5.91 Å². The molecule has 2 rings (SSSR count). The maximum Gasteiger partial charge on any atom is 0.234 e.